The van der Waals surface area contributed by atoms with E-state index in [-0.39, 0.29) is 0 Å². The van der Waals surface area contributed by atoms with Crippen molar-refractivity contribution < 1.29 is 0 Å². The number of rotatable bonds is 8. The van der Waals surface area contributed by atoms with Gasteiger partial charge in [-0.3, -0.25) is 0 Å². The maximum absolute atomic E-state index is 4.20. The average Bonchev–Trinajstić information content (AvgIpc) is 3.54. The third-order valence-electron chi connectivity index (χ3n) is 5.17. The fourth-order valence-electron chi connectivity index (χ4n) is 3.69. The van der Waals surface area contributed by atoms with Gasteiger partial charge in [0.25, 0.3) is 0 Å². The highest BCUT2D eigenvalue weighted by molar-refractivity contribution is 5.39. The first kappa shape index (κ1) is 18.1. The van der Waals surface area contributed by atoms with E-state index >= 15 is 0 Å². The Bertz CT molecular complexity index is 983. The van der Waals surface area contributed by atoms with Crippen molar-refractivity contribution in [1.82, 2.24) is 38.2 Å². The van der Waals surface area contributed by atoms with E-state index in [0.29, 0.717) is 0 Å². The molecule has 1 aromatic carbocycles. The lowest BCUT2D eigenvalue weighted by molar-refractivity contribution is 0.720. The summed E-state index contributed by atoms with van der Waals surface area (Å²) < 4.78 is 8.40. The number of hydrogen-bond acceptors (Lipinski definition) is 4. The van der Waals surface area contributed by atoms with Gasteiger partial charge in [0.1, 0.15) is 0 Å². The average molecular weight is 398 g/mol. The van der Waals surface area contributed by atoms with Crippen LogP contribution in [0.4, 0.5) is 0 Å². The Morgan fingerprint density at radius 2 is 0.700 bits per heavy atom. The van der Waals surface area contributed by atoms with E-state index in [2.05, 4.69) is 50.3 Å². The second-order valence-corrected chi connectivity index (χ2v) is 7.33. The molecule has 5 aromatic rings. The molecule has 0 bridgehead atoms. The van der Waals surface area contributed by atoms with E-state index in [1.807, 2.05) is 74.9 Å². The van der Waals surface area contributed by atoms with Gasteiger partial charge < -0.3 is 18.3 Å². The van der Waals surface area contributed by atoms with Crippen LogP contribution in [-0.2, 0) is 26.2 Å². The van der Waals surface area contributed by atoms with E-state index in [9.17, 15) is 0 Å². The molecule has 0 unspecified atom stereocenters. The number of nitrogens with zero attached hydrogens (tertiary/aromatic N) is 8. The summed E-state index contributed by atoms with van der Waals surface area (Å²) in [6.07, 6.45) is 22.7. The molecule has 0 fully saturated rings. The summed E-state index contributed by atoms with van der Waals surface area (Å²) in [5, 5.41) is 0. The smallest absolute Gasteiger partial charge is 0.0949 e. The largest absolute Gasteiger partial charge is 0.333 e. The highest BCUT2D eigenvalue weighted by Crippen LogP contribution is 2.22. The van der Waals surface area contributed by atoms with Crippen molar-refractivity contribution >= 4 is 0 Å². The van der Waals surface area contributed by atoms with Gasteiger partial charge in [0.15, 0.2) is 0 Å². The summed E-state index contributed by atoms with van der Waals surface area (Å²) >= 11 is 0. The molecule has 0 saturated heterocycles. The first-order chi connectivity index (χ1) is 14.8. The first-order valence-electron chi connectivity index (χ1n) is 9.80. The second-order valence-electron chi connectivity index (χ2n) is 7.33. The Kier molecular flexibility index (Phi) is 4.95. The lowest BCUT2D eigenvalue weighted by Crippen LogP contribution is -2.11. The Balaban J connectivity index is 1.57. The molecule has 150 valence electrons. The number of benzene rings is 1. The normalized spacial score (nSPS) is 11.2. The Hall–Kier alpha value is -3.94. The zero-order chi connectivity index (χ0) is 20.2. The lowest BCUT2D eigenvalue weighted by atomic mass is 9.97. The van der Waals surface area contributed by atoms with Gasteiger partial charge >= 0.3 is 0 Å². The highest BCUT2D eigenvalue weighted by Gasteiger charge is 2.13. The summed E-state index contributed by atoms with van der Waals surface area (Å²) in [5.41, 5.74) is 5.08. The quantitative estimate of drug-likeness (QED) is 0.403. The van der Waals surface area contributed by atoms with Gasteiger partial charge in [0.2, 0.25) is 0 Å². The van der Waals surface area contributed by atoms with Crippen molar-refractivity contribution in [3.8, 4) is 0 Å². The summed E-state index contributed by atoms with van der Waals surface area (Å²) in [6, 6.07) is 4.64. The fourth-order valence-corrected chi connectivity index (χ4v) is 3.69. The first-order valence-corrected chi connectivity index (χ1v) is 9.80. The van der Waals surface area contributed by atoms with Gasteiger partial charge in [-0.05, 0) is 22.3 Å². The molecule has 30 heavy (non-hydrogen) atoms. The minimum atomic E-state index is 0.770. The molecule has 4 heterocycles. The predicted molar refractivity (Wildman–Crippen MR) is 112 cm³/mol. The van der Waals surface area contributed by atoms with E-state index in [1.165, 1.54) is 22.3 Å². The third kappa shape index (κ3) is 4.07. The lowest BCUT2D eigenvalue weighted by Gasteiger charge is -2.18. The fraction of sp³-hybridized carbons (Fsp3) is 0.182. The van der Waals surface area contributed by atoms with Crippen LogP contribution in [0, 0.1) is 0 Å². The zero-order valence-corrected chi connectivity index (χ0v) is 16.5. The van der Waals surface area contributed by atoms with Crippen LogP contribution >= 0.6 is 0 Å². The van der Waals surface area contributed by atoms with Crippen LogP contribution in [0.25, 0.3) is 0 Å². The topological polar surface area (TPSA) is 71.3 Å². The van der Waals surface area contributed by atoms with Gasteiger partial charge in [-0.2, -0.15) is 0 Å². The number of aromatic nitrogens is 8. The van der Waals surface area contributed by atoms with Crippen LogP contribution in [0.5, 0.6) is 0 Å². The molecule has 5 rings (SSSR count). The molecular formula is C22H22N8. The molecular weight excluding hydrogens is 376 g/mol. The van der Waals surface area contributed by atoms with E-state index < -0.39 is 0 Å². The molecule has 8 heteroatoms. The molecule has 0 aliphatic rings. The summed E-state index contributed by atoms with van der Waals surface area (Å²) in [6.45, 7) is 3.08. The standard InChI is InChI=1S/C22H22N8/c1-5-27(15-23-1)11-19-9-21(13-29-7-3-25-17-29)22(14-30-8-4-26-18-30)10-20(19)12-28-6-2-24-16-28/h1-10,15-18H,11-14H2. The van der Waals surface area contributed by atoms with Gasteiger partial charge in [0, 0.05) is 75.8 Å². The zero-order valence-electron chi connectivity index (χ0n) is 16.5. The molecule has 4 aromatic heterocycles. The van der Waals surface area contributed by atoms with Crippen molar-refractivity contribution in [3.63, 3.8) is 0 Å². The van der Waals surface area contributed by atoms with Gasteiger partial charge in [-0.1, -0.05) is 12.1 Å². The maximum Gasteiger partial charge on any atom is 0.0949 e. The molecule has 8 nitrogen and oxygen atoms in total. The molecule has 0 N–H and O–H groups in total. The van der Waals surface area contributed by atoms with Crippen LogP contribution in [-0.4, -0.2) is 38.2 Å². The molecule has 0 atom stereocenters. The SMILES string of the molecule is c1cn(Cc2cc(Cn3ccnc3)c(Cn3ccnc3)cc2Cn2ccnc2)cn1. The highest BCUT2D eigenvalue weighted by atomic mass is 15.0. The van der Waals surface area contributed by atoms with E-state index in [4.69, 9.17) is 0 Å². The van der Waals surface area contributed by atoms with Gasteiger partial charge in [-0.15, -0.1) is 0 Å². The van der Waals surface area contributed by atoms with Gasteiger partial charge in [-0.25, -0.2) is 19.9 Å². The second kappa shape index (κ2) is 8.20. The molecule has 0 saturated carbocycles. The number of hydrogen-bond donors (Lipinski definition) is 0. The van der Waals surface area contributed by atoms with Crippen molar-refractivity contribution in [2.45, 2.75) is 26.2 Å². The van der Waals surface area contributed by atoms with E-state index in [0.717, 1.165) is 26.2 Å². The molecule has 0 aliphatic heterocycles. The molecule has 0 aliphatic carbocycles. The Labute approximate surface area is 174 Å². The molecule has 0 spiro atoms. The van der Waals surface area contributed by atoms with E-state index in [1.54, 1.807) is 0 Å². The monoisotopic (exact) mass is 398 g/mol. The minimum absolute atomic E-state index is 0.770. The summed E-state index contributed by atoms with van der Waals surface area (Å²) in [5.74, 6) is 0. The third-order valence-corrected chi connectivity index (χ3v) is 5.17. The predicted octanol–water partition coefficient (Wildman–Crippen LogP) is 2.67. The minimum Gasteiger partial charge on any atom is -0.333 e. The molecule has 0 radical (unpaired) electrons. The van der Waals surface area contributed by atoms with Crippen molar-refractivity contribution in [3.05, 3.63) is 109 Å². The van der Waals surface area contributed by atoms with Crippen LogP contribution in [0.1, 0.15) is 22.3 Å². The maximum atomic E-state index is 4.20. The van der Waals surface area contributed by atoms with Crippen LogP contribution in [0.3, 0.4) is 0 Å². The Morgan fingerprint density at radius 1 is 0.433 bits per heavy atom. The van der Waals surface area contributed by atoms with Crippen molar-refractivity contribution in [2.24, 2.45) is 0 Å². The summed E-state index contributed by atoms with van der Waals surface area (Å²) in [7, 11) is 0. The van der Waals surface area contributed by atoms with Gasteiger partial charge in [0.05, 0.1) is 25.3 Å². The Morgan fingerprint density at radius 3 is 0.900 bits per heavy atom. The number of imidazole rings is 4. The van der Waals surface area contributed by atoms with Crippen LogP contribution < -0.4 is 0 Å². The van der Waals surface area contributed by atoms with Crippen LogP contribution in [0.15, 0.2) is 87.0 Å². The van der Waals surface area contributed by atoms with Crippen molar-refractivity contribution in [2.75, 3.05) is 0 Å². The summed E-state index contributed by atoms with van der Waals surface area (Å²) in [4.78, 5) is 16.8. The van der Waals surface area contributed by atoms with Crippen LogP contribution in [0.2, 0.25) is 0 Å². The molecule has 0 amide bonds. The van der Waals surface area contributed by atoms with Crippen molar-refractivity contribution in [1.29, 1.82) is 0 Å².